The summed E-state index contributed by atoms with van der Waals surface area (Å²) in [5.41, 5.74) is 4.06. The third kappa shape index (κ3) is 4.10. The van der Waals surface area contributed by atoms with Gasteiger partial charge in [0.2, 0.25) is 11.9 Å². The maximum atomic E-state index is 13.3. The number of nitrogens with zero attached hydrogens (tertiary/aromatic N) is 6. The molecule has 0 spiro atoms. The van der Waals surface area contributed by atoms with Crippen molar-refractivity contribution >= 4 is 23.6 Å². The first-order chi connectivity index (χ1) is 16.5. The summed E-state index contributed by atoms with van der Waals surface area (Å²) in [5.74, 6) is 1.62. The van der Waals surface area contributed by atoms with E-state index in [2.05, 4.69) is 47.9 Å². The maximum absolute atomic E-state index is 13.3. The lowest BCUT2D eigenvalue weighted by molar-refractivity contribution is -0.129. The quantitative estimate of drug-likeness (QED) is 0.680. The highest BCUT2D eigenvalue weighted by Crippen LogP contribution is 2.40. The van der Waals surface area contributed by atoms with Crippen LogP contribution in [0.5, 0.6) is 0 Å². The van der Waals surface area contributed by atoms with Crippen LogP contribution in [0.1, 0.15) is 66.3 Å². The van der Waals surface area contributed by atoms with Gasteiger partial charge in [-0.1, -0.05) is 36.8 Å². The van der Waals surface area contributed by atoms with Crippen molar-refractivity contribution in [2.45, 2.75) is 52.6 Å². The SMILES string of the molecule is CCCN1Cc2c(nc(N3CCN(C(C)=O)CC3)nc2N2CCCC2c2ccc(C)cc2)C1=O. The fourth-order valence-corrected chi connectivity index (χ4v) is 5.40. The van der Waals surface area contributed by atoms with E-state index >= 15 is 0 Å². The average Bonchev–Trinajstić information content (AvgIpc) is 3.45. The third-order valence-corrected chi connectivity index (χ3v) is 7.30. The predicted molar refractivity (Wildman–Crippen MR) is 132 cm³/mol. The van der Waals surface area contributed by atoms with Crippen LogP contribution in [0.25, 0.3) is 0 Å². The van der Waals surface area contributed by atoms with Gasteiger partial charge >= 0.3 is 0 Å². The predicted octanol–water partition coefficient (Wildman–Crippen LogP) is 3.16. The Morgan fingerprint density at radius 2 is 1.79 bits per heavy atom. The molecule has 2 fully saturated rings. The Kier molecular flexibility index (Phi) is 6.15. The van der Waals surface area contributed by atoms with E-state index in [1.165, 1.54) is 11.1 Å². The van der Waals surface area contributed by atoms with Gasteiger partial charge in [0, 0.05) is 51.8 Å². The van der Waals surface area contributed by atoms with Crippen molar-refractivity contribution < 1.29 is 9.59 Å². The number of anilines is 2. The maximum Gasteiger partial charge on any atom is 0.273 e. The van der Waals surface area contributed by atoms with E-state index in [1.54, 1.807) is 6.92 Å². The van der Waals surface area contributed by atoms with E-state index in [4.69, 9.17) is 9.97 Å². The highest BCUT2D eigenvalue weighted by Gasteiger charge is 2.38. The molecule has 3 aliphatic rings. The minimum Gasteiger partial charge on any atom is -0.349 e. The normalized spacial score (nSPS) is 20.3. The molecular formula is C26H34N6O2. The van der Waals surface area contributed by atoms with Crippen molar-refractivity contribution in [3.05, 3.63) is 46.6 Å². The molecule has 0 bridgehead atoms. The summed E-state index contributed by atoms with van der Waals surface area (Å²) in [6.07, 6.45) is 3.08. The van der Waals surface area contributed by atoms with Gasteiger partial charge in [-0.05, 0) is 31.7 Å². The molecule has 1 aromatic heterocycles. The van der Waals surface area contributed by atoms with Crippen molar-refractivity contribution in [2.75, 3.05) is 49.1 Å². The number of benzene rings is 1. The molecule has 1 atom stereocenters. The number of hydrogen-bond acceptors (Lipinski definition) is 6. The van der Waals surface area contributed by atoms with Gasteiger partial charge in [-0.25, -0.2) is 4.98 Å². The molecule has 180 valence electrons. The zero-order valence-electron chi connectivity index (χ0n) is 20.5. The van der Waals surface area contributed by atoms with Crippen LogP contribution in [0.4, 0.5) is 11.8 Å². The summed E-state index contributed by atoms with van der Waals surface area (Å²) in [4.78, 5) is 43.2. The lowest BCUT2D eigenvalue weighted by atomic mass is 10.0. The highest BCUT2D eigenvalue weighted by molar-refractivity contribution is 5.98. The molecule has 34 heavy (non-hydrogen) atoms. The summed E-state index contributed by atoms with van der Waals surface area (Å²) in [5, 5.41) is 0. The van der Waals surface area contributed by atoms with E-state index in [1.807, 2.05) is 9.80 Å². The number of carbonyl (C=O) groups excluding carboxylic acids is 2. The Morgan fingerprint density at radius 3 is 2.47 bits per heavy atom. The Hall–Kier alpha value is -3.16. The van der Waals surface area contributed by atoms with Gasteiger partial charge in [0.15, 0.2) is 0 Å². The fourth-order valence-electron chi connectivity index (χ4n) is 5.40. The molecule has 0 radical (unpaired) electrons. The van der Waals surface area contributed by atoms with Crippen LogP contribution in [-0.4, -0.2) is 70.9 Å². The van der Waals surface area contributed by atoms with Crippen molar-refractivity contribution in [1.82, 2.24) is 19.8 Å². The fraction of sp³-hybridized carbons (Fsp3) is 0.538. The summed E-state index contributed by atoms with van der Waals surface area (Å²) in [6.45, 7) is 10.7. The highest BCUT2D eigenvalue weighted by atomic mass is 16.2. The number of amides is 2. The minimum atomic E-state index is 0.00945. The van der Waals surface area contributed by atoms with Gasteiger partial charge in [0.25, 0.3) is 5.91 Å². The standard InChI is InChI=1S/C26H34N6O2/c1-4-11-31-17-21-23(25(31)34)27-26(30-15-13-29(14-16-30)19(3)33)28-24(21)32-12-5-6-22(32)20-9-7-18(2)8-10-20/h7-10,22H,4-6,11-17H2,1-3H3. The van der Waals surface area contributed by atoms with E-state index in [-0.39, 0.29) is 17.9 Å². The van der Waals surface area contributed by atoms with E-state index in [0.29, 0.717) is 44.4 Å². The number of piperazine rings is 1. The number of fused-ring (bicyclic) bond motifs is 1. The van der Waals surface area contributed by atoms with Gasteiger partial charge < -0.3 is 19.6 Å². The van der Waals surface area contributed by atoms with Crippen LogP contribution < -0.4 is 9.80 Å². The van der Waals surface area contributed by atoms with Crippen LogP contribution in [-0.2, 0) is 11.3 Å². The number of carbonyl (C=O) groups is 2. The molecule has 0 aliphatic carbocycles. The van der Waals surface area contributed by atoms with Crippen LogP contribution in [0.3, 0.4) is 0 Å². The van der Waals surface area contributed by atoms with Crippen molar-refractivity contribution in [1.29, 1.82) is 0 Å². The largest absolute Gasteiger partial charge is 0.349 e. The molecule has 8 nitrogen and oxygen atoms in total. The first kappa shape index (κ1) is 22.6. The Morgan fingerprint density at radius 1 is 1.06 bits per heavy atom. The second-order valence-electron chi connectivity index (χ2n) is 9.66. The number of hydrogen-bond donors (Lipinski definition) is 0. The van der Waals surface area contributed by atoms with Crippen LogP contribution >= 0.6 is 0 Å². The molecule has 3 aliphatic heterocycles. The molecule has 2 amide bonds. The second-order valence-corrected chi connectivity index (χ2v) is 9.66. The molecule has 2 saturated heterocycles. The Balaban J connectivity index is 1.52. The molecule has 8 heteroatoms. The second kappa shape index (κ2) is 9.24. The smallest absolute Gasteiger partial charge is 0.273 e. The number of aromatic nitrogens is 2. The monoisotopic (exact) mass is 462 g/mol. The van der Waals surface area contributed by atoms with Gasteiger partial charge in [-0.2, -0.15) is 4.98 Å². The van der Waals surface area contributed by atoms with Crippen LogP contribution in [0.15, 0.2) is 24.3 Å². The molecule has 1 unspecified atom stereocenters. The van der Waals surface area contributed by atoms with Gasteiger partial charge in [-0.3, -0.25) is 9.59 Å². The molecule has 1 aromatic carbocycles. The van der Waals surface area contributed by atoms with Gasteiger partial charge in [0.1, 0.15) is 11.5 Å². The van der Waals surface area contributed by atoms with Crippen molar-refractivity contribution in [3.63, 3.8) is 0 Å². The summed E-state index contributed by atoms with van der Waals surface area (Å²) in [6, 6.07) is 9.02. The summed E-state index contributed by atoms with van der Waals surface area (Å²) in [7, 11) is 0. The van der Waals surface area contributed by atoms with Crippen molar-refractivity contribution in [2.24, 2.45) is 0 Å². The lowest BCUT2D eigenvalue weighted by Crippen LogP contribution is -2.48. The molecule has 0 saturated carbocycles. The average molecular weight is 463 g/mol. The Bertz CT molecular complexity index is 1080. The molecule has 2 aromatic rings. The minimum absolute atomic E-state index is 0.00945. The van der Waals surface area contributed by atoms with E-state index < -0.39 is 0 Å². The number of aryl methyl sites for hydroxylation is 1. The Labute approximate surface area is 201 Å². The van der Waals surface area contributed by atoms with Gasteiger partial charge in [0.05, 0.1) is 12.6 Å². The molecular weight excluding hydrogens is 428 g/mol. The van der Waals surface area contributed by atoms with Crippen molar-refractivity contribution in [3.8, 4) is 0 Å². The molecule has 5 rings (SSSR count). The zero-order valence-corrected chi connectivity index (χ0v) is 20.5. The van der Waals surface area contributed by atoms with Crippen LogP contribution in [0.2, 0.25) is 0 Å². The number of rotatable bonds is 5. The first-order valence-electron chi connectivity index (χ1n) is 12.5. The van der Waals surface area contributed by atoms with Gasteiger partial charge in [-0.15, -0.1) is 0 Å². The molecule has 0 N–H and O–H groups in total. The van der Waals surface area contributed by atoms with Crippen LogP contribution in [0, 0.1) is 6.92 Å². The first-order valence-corrected chi connectivity index (χ1v) is 12.5. The van der Waals surface area contributed by atoms with E-state index in [9.17, 15) is 9.59 Å². The molecule has 4 heterocycles. The third-order valence-electron chi connectivity index (χ3n) is 7.30. The van der Waals surface area contributed by atoms with E-state index in [0.717, 1.165) is 43.7 Å². The lowest BCUT2D eigenvalue weighted by Gasteiger charge is -2.35. The zero-order chi connectivity index (χ0) is 23.8. The summed E-state index contributed by atoms with van der Waals surface area (Å²) >= 11 is 0. The summed E-state index contributed by atoms with van der Waals surface area (Å²) < 4.78 is 0. The topological polar surface area (TPSA) is 72.9 Å².